The fourth-order valence-electron chi connectivity index (χ4n) is 2.47. The molecular weight excluding hydrogens is 236 g/mol. The molecular formula is C16H18N2O. The van der Waals surface area contributed by atoms with Crippen molar-refractivity contribution in [2.24, 2.45) is 0 Å². The SMILES string of the molecule is OCc1ccc(CNc2ccc3c(n2)CCC3)cc1. The zero-order valence-electron chi connectivity index (χ0n) is 10.9. The summed E-state index contributed by atoms with van der Waals surface area (Å²) in [6, 6.07) is 12.2. The summed E-state index contributed by atoms with van der Waals surface area (Å²) < 4.78 is 0. The molecule has 2 N–H and O–H groups in total. The van der Waals surface area contributed by atoms with Crippen molar-refractivity contribution in [1.29, 1.82) is 0 Å². The predicted octanol–water partition coefficient (Wildman–Crippen LogP) is 2.67. The molecule has 0 radical (unpaired) electrons. The fraction of sp³-hybridized carbons (Fsp3) is 0.312. The minimum Gasteiger partial charge on any atom is -0.392 e. The smallest absolute Gasteiger partial charge is 0.126 e. The van der Waals surface area contributed by atoms with E-state index < -0.39 is 0 Å². The molecule has 0 aliphatic heterocycles. The van der Waals surface area contributed by atoms with E-state index in [9.17, 15) is 0 Å². The quantitative estimate of drug-likeness (QED) is 0.881. The topological polar surface area (TPSA) is 45.1 Å². The van der Waals surface area contributed by atoms with Gasteiger partial charge in [0.05, 0.1) is 6.61 Å². The van der Waals surface area contributed by atoms with Gasteiger partial charge in [-0.25, -0.2) is 4.98 Å². The second-order valence-corrected chi connectivity index (χ2v) is 4.98. The summed E-state index contributed by atoms with van der Waals surface area (Å²) in [5.41, 5.74) is 4.79. The second kappa shape index (κ2) is 5.41. The lowest BCUT2D eigenvalue weighted by atomic mass is 10.1. The molecule has 0 bridgehead atoms. The van der Waals surface area contributed by atoms with E-state index in [1.165, 1.54) is 29.7 Å². The largest absolute Gasteiger partial charge is 0.392 e. The van der Waals surface area contributed by atoms with Crippen LogP contribution in [0.1, 0.15) is 28.8 Å². The molecule has 1 aromatic carbocycles. The Hall–Kier alpha value is -1.87. The van der Waals surface area contributed by atoms with Gasteiger partial charge in [-0.2, -0.15) is 0 Å². The van der Waals surface area contributed by atoms with Crippen LogP contribution >= 0.6 is 0 Å². The summed E-state index contributed by atoms with van der Waals surface area (Å²) in [6.45, 7) is 0.859. The molecule has 0 saturated carbocycles. The number of aliphatic hydroxyl groups excluding tert-OH is 1. The number of pyridine rings is 1. The summed E-state index contributed by atoms with van der Waals surface area (Å²) in [5, 5.41) is 12.4. The molecule has 0 spiro atoms. The molecule has 3 heteroatoms. The lowest BCUT2D eigenvalue weighted by molar-refractivity contribution is 0.282. The van der Waals surface area contributed by atoms with Crippen LogP contribution < -0.4 is 5.32 Å². The van der Waals surface area contributed by atoms with E-state index in [0.29, 0.717) is 0 Å². The summed E-state index contributed by atoms with van der Waals surface area (Å²) >= 11 is 0. The number of anilines is 1. The first-order valence-corrected chi connectivity index (χ1v) is 6.76. The zero-order valence-corrected chi connectivity index (χ0v) is 10.9. The van der Waals surface area contributed by atoms with Gasteiger partial charge in [0.2, 0.25) is 0 Å². The Bertz CT molecular complexity index is 563. The van der Waals surface area contributed by atoms with Gasteiger partial charge < -0.3 is 10.4 Å². The minimum atomic E-state index is 0.0973. The van der Waals surface area contributed by atoms with Crippen molar-refractivity contribution in [3.8, 4) is 0 Å². The van der Waals surface area contributed by atoms with Gasteiger partial charge in [0.25, 0.3) is 0 Å². The molecule has 0 fully saturated rings. The van der Waals surface area contributed by atoms with Crippen LogP contribution in [0.3, 0.4) is 0 Å². The average molecular weight is 254 g/mol. The molecule has 0 atom stereocenters. The Kier molecular flexibility index (Phi) is 3.47. The number of nitrogens with zero attached hydrogens (tertiary/aromatic N) is 1. The van der Waals surface area contributed by atoms with Crippen molar-refractivity contribution >= 4 is 5.82 Å². The van der Waals surface area contributed by atoms with Crippen LogP contribution in [-0.2, 0) is 26.0 Å². The molecule has 0 unspecified atom stereocenters. The van der Waals surface area contributed by atoms with E-state index >= 15 is 0 Å². The molecule has 2 aromatic rings. The van der Waals surface area contributed by atoms with Crippen molar-refractivity contribution in [2.75, 3.05) is 5.32 Å². The van der Waals surface area contributed by atoms with Crippen LogP contribution in [0.15, 0.2) is 36.4 Å². The highest BCUT2D eigenvalue weighted by Gasteiger charge is 2.12. The van der Waals surface area contributed by atoms with E-state index in [2.05, 4.69) is 22.4 Å². The Morgan fingerprint density at radius 3 is 2.58 bits per heavy atom. The van der Waals surface area contributed by atoms with Gasteiger partial charge in [-0.15, -0.1) is 0 Å². The molecule has 3 nitrogen and oxygen atoms in total. The first-order valence-electron chi connectivity index (χ1n) is 6.76. The van der Waals surface area contributed by atoms with E-state index in [1.54, 1.807) is 0 Å². The van der Waals surface area contributed by atoms with Crippen molar-refractivity contribution < 1.29 is 5.11 Å². The Morgan fingerprint density at radius 1 is 1.00 bits per heavy atom. The maximum atomic E-state index is 9.00. The number of fused-ring (bicyclic) bond motifs is 1. The van der Waals surface area contributed by atoms with Crippen molar-refractivity contribution in [3.05, 3.63) is 58.8 Å². The van der Waals surface area contributed by atoms with Gasteiger partial charge in [-0.05, 0) is 42.0 Å². The number of hydrogen-bond donors (Lipinski definition) is 2. The molecule has 1 heterocycles. The summed E-state index contributed by atoms with van der Waals surface area (Å²) in [7, 11) is 0. The third kappa shape index (κ3) is 2.76. The lowest BCUT2D eigenvalue weighted by Gasteiger charge is -2.08. The third-order valence-corrected chi connectivity index (χ3v) is 3.61. The van der Waals surface area contributed by atoms with Crippen LogP contribution in [0, 0.1) is 0 Å². The molecule has 1 aliphatic carbocycles. The maximum Gasteiger partial charge on any atom is 0.126 e. The van der Waals surface area contributed by atoms with E-state index in [1.807, 2.05) is 24.3 Å². The van der Waals surface area contributed by atoms with Gasteiger partial charge in [0, 0.05) is 12.2 Å². The maximum absolute atomic E-state index is 9.00. The molecule has 19 heavy (non-hydrogen) atoms. The van der Waals surface area contributed by atoms with Gasteiger partial charge >= 0.3 is 0 Å². The van der Waals surface area contributed by atoms with Crippen LogP contribution in [-0.4, -0.2) is 10.1 Å². The number of rotatable bonds is 4. The predicted molar refractivity (Wildman–Crippen MR) is 76.0 cm³/mol. The highest BCUT2D eigenvalue weighted by atomic mass is 16.3. The standard InChI is InChI=1S/C16H18N2O/c19-11-13-6-4-12(5-7-13)10-17-16-9-8-14-2-1-3-15(14)18-16/h4-9,19H,1-3,10-11H2,(H,17,18). The first kappa shape index (κ1) is 12.2. The number of aryl methyl sites for hydroxylation is 2. The van der Waals surface area contributed by atoms with E-state index in [0.717, 1.165) is 24.3 Å². The minimum absolute atomic E-state index is 0.0973. The summed E-state index contributed by atoms with van der Waals surface area (Å²) in [5.74, 6) is 0.951. The van der Waals surface area contributed by atoms with Gasteiger partial charge in [-0.1, -0.05) is 30.3 Å². The molecule has 3 rings (SSSR count). The Labute approximate surface area is 113 Å². The average Bonchev–Trinajstić information content (AvgIpc) is 2.93. The van der Waals surface area contributed by atoms with Crippen LogP contribution in [0.4, 0.5) is 5.82 Å². The molecule has 0 amide bonds. The lowest BCUT2D eigenvalue weighted by Crippen LogP contribution is -2.03. The van der Waals surface area contributed by atoms with Crippen LogP contribution in [0.25, 0.3) is 0 Å². The van der Waals surface area contributed by atoms with Crippen molar-refractivity contribution in [2.45, 2.75) is 32.4 Å². The number of benzene rings is 1. The van der Waals surface area contributed by atoms with Crippen molar-refractivity contribution in [3.63, 3.8) is 0 Å². The molecule has 1 aliphatic rings. The van der Waals surface area contributed by atoms with Crippen LogP contribution in [0.5, 0.6) is 0 Å². The Balaban J connectivity index is 1.65. The molecule has 1 aromatic heterocycles. The number of aromatic nitrogens is 1. The van der Waals surface area contributed by atoms with Crippen LogP contribution in [0.2, 0.25) is 0 Å². The molecule has 0 saturated heterocycles. The number of hydrogen-bond acceptors (Lipinski definition) is 3. The third-order valence-electron chi connectivity index (χ3n) is 3.61. The molecule has 98 valence electrons. The highest BCUT2D eigenvalue weighted by Crippen LogP contribution is 2.21. The van der Waals surface area contributed by atoms with E-state index in [-0.39, 0.29) is 6.61 Å². The monoisotopic (exact) mass is 254 g/mol. The highest BCUT2D eigenvalue weighted by molar-refractivity contribution is 5.41. The Morgan fingerprint density at radius 2 is 1.79 bits per heavy atom. The summed E-state index contributed by atoms with van der Waals surface area (Å²) in [4.78, 5) is 4.65. The zero-order chi connectivity index (χ0) is 13.1. The van der Waals surface area contributed by atoms with Crippen molar-refractivity contribution in [1.82, 2.24) is 4.98 Å². The first-order chi connectivity index (χ1) is 9.35. The second-order valence-electron chi connectivity index (χ2n) is 4.98. The number of nitrogens with one attached hydrogen (secondary N) is 1. The normalized spacial score (nSPS) is 13.3. The summed E-state index contributed by atoms with van der Waals surface area (Å²) in [6.07, 6.45) is 3.51. The van der Waals surface area contributed by atoms with Gasteiger partial charge in [-0.3, -0.25) is 0 Å². The number of aliphatic hydroxyl groups is 1. The van der Waals surface area contributed by atoms with E-state index in [4.69, 9.17) is 5.11 Å². The van der Waals surface area contributed by atoms with Gasteiger partial charge in [0.1, 0.15) is 5.82 Å². The van der Waals surface area contributed by atoms with Gasteiger partial charge in [0.15, 0.2) is 0 Å². The fourth-order valence-corrected chi connectivity index (χ4v) is 2.47.